The molecule has 0 radical (unpaired) electrons. The molecule has 0 amide bonds. The lowest BCUT2D eigenvalue weighted by Gasteiger charge is -2.29. The predicted molar refractivity (Wildman–Crippen MR) is 112 cm³/mol. The van der Waals surface area contributed by atoms with Crippen molar-refractivity contribution in [2.75, 3.05) is 32.7 Å². The van der Waals surface area contributed by atoms with Gasteiger partial charge < -0.3 is 20.2 Å². The van der Waals surface area contributed by atoms with Crippen LogP contribution in [-0.2, 0) is 5.60 Å². The van der Waals surface area contributed by atoms with E-state index in [9.17, 15) is 5.11 Å². The summed E-state index contributed by atoms with van der Waals surface area (Å²) in [7, 11) is 0. The average Bonchev–Trinajstić information content (AvgIpc) is 3.37. The first-order chi connectivity index (χ1) is 13.0. The quantitative estimate of drug-likeness (QED) is 0.428. The molecule has 2 heterocycles. The summed E-state index contributed by atoms with van der Waals surface area (Å²) in [6.45, 7) is 11.7. The van der Waals surface area contributed by atoms with Crippen LogP contribution < -0.4 is 10.6 Å². The molecule has 0 spiro atoms. The van der Waals surface area contributed by atoms with Gasteiger partial charge in [-0.3, -0.25) is 4.90 Å². The number of likely N-dealkylation sites (N-methyl/N-ethyl adjacent to an activating group) is 1. The van der Waals surface area contributed by atoms with E-state index in [2.05, 4.69) is 34.4 Å². The number of nitrogens with one attached hydrogen (secondary N) is 2. The maximum absolute atomic E-state index is 10.7. The smallest absolute Gasteiger partial charge is 0.191 e. The number of aliphatic hydroxyl groups is 1. The Labute approximate surface area is 166 Å². The van der Waals surface area contributed by atoms with Crippen LogP contribution in [0.3, 0.4) is 0 Å². The number of nitrogens with zero attached hydrogens (tertiary/aromatic N) is 2. The SMILES string of the molecule is CCNC(=NCC(C)(O)c1ccsc1)NCC(c1ccco1)N(CC)CC. The molecular formula is C20H32N4O2S. The first-order valence-corrected chi connectivity index (χ1v) is 10.5. The van der Waals surface area contributed by atoms with Crippen molar-refractivity contribution >= 4 is 17.3 Å². The summed E-state index contributed by atoms with van der Waals surface area (Å²) in [6, 6.07) is 5.99. The molecule has 0 aliphatic heterocycles. The van der Waals surface area contributed by atoms with E-state index in [1.807, 2.05) is 35.9 Å². The van der Waals surface area contributed by atoms with Crippen LogP contribution in [0.4, 0.5) is 0 Å². The third kappa shape index (κ3) is 6.09. The normalized spacial score (nSPS) is 15.6. The Morgan fingerprint density at radius 2 is 2.07 bits per heavy atom. The molecule has 0 bridgehead atoms. The Balaban J connectivity index is 2.07. The molecule has 2 unspecified atom stereocenters. The van der Waals surface area contributed by atoms with E-state index in [-0.39, 0.29) is 12.6 Å². The maximum Gasteiger partial charge on any atom is 0.191 e. The highest BCUT2D eigenvalue weighted by atomic mass is 32.1. The van der Waals surface area contributed by atoms with Gasteiger partial charge in [-0.15, -0.1) is 0 Å². The van der Waals surface area contributed by atoms with Gasteiger partial charge in [0.1, 0.15) is 11.4 Å². The highest BCUT2D eigenvalue weighted by Gasteiger charge is 2.24. The highest BCUT2D eigenvalue weighted by molar-refractivity contribution is 7.08. The third-order valence-corrected chi connectivity index (χ3v) is 5.30. The van der Waals surface area contributed by atoms with Crippen LogP contribution >= 0.6 is 11.3 Å². The minimum absolute atomic E-state index is 0.122. The first-order valence-electron chi connectivity index (χ1n) is 9.56. The second kappa shape index (κ2) is 10.5. The number of thiophene rings is 1. The second-order valence-corrected chi connectivity index (χ2v) is 7.39. The molecule has 0 aromatic carbocycles. The van der Waals surface area contributed by atoms with Crippen molar-refractivity contribution in [3.8, 4) is 0 Å². The van der Waals surface area contributed by atoms with Gasteiger partial charge in [0.15, 0.2) is 5.96 Å². The molecule has 0 aliphatic carbocycles. The van der Waals surface area contributed by atoms with Crippen molar-refractivity contribution < 1.29 is 9.52 Å². The Morgan fingerprint density at radius 3 is 2.63 bits per heavy atom. The van der Waals surface area contributed by atoms with Crippen LogP contribution in [0.5, 0.6) is 0 Å². The molecule has 0 saturated heterocycles. The minimum atomic E-state index is -0.984. The van der Waals surface area contributed by atoms with E-state index in [0.717, 1.165) is 31.0 Å². The van der Waals surface area contributed by atoms with E-state index < -0.39 is 5.60 Å². The van der Waals surface area contributed by atoms with Gasteiger partial charge >= 0.3 is 0 Å². The standard InChI is InChI=1S/C20H32N4O2S/c1-5-21-19(23-15-20(4,25)16-10-12-27-14-16)22-13-17(24(6-2)7-3)18-9-8-11-26-18/h8-12,14,17,25H,5-7,13,15H2,1-4H3,(H2,21,22,23). The van der Waals surface area contributed by atoms with E-state index in [1.54, 1.807) is 24.5 Å². The molecule has 6 nitrogen and oxygen atoms in total. The van der Waals surface area contributed by atoms with Gasteiger partial charge in [-0.2, -0.15) is 11.3 Å². The monoisotopic (exact) mass is 392 g/mol. The zero-order valence-corrected chi connectivity index (χ0v) is 17.6. The molecule has 2 aromatic heterocycles. The summed E-state index contributed by atoms with van der Waals surface area (Å²) in [5, 5.41) is 21.3. The van der Waals surface area contributed by atoms with Crippen molar-refractivity contribution in [3.05, 3.63) is 46.5 Å². The van der Waals surface area contributed by atoms with Gasteiger partial charge in [0, 0.05) is 13.1 Å². The fourth-order valence-electron chi connectivity index (χ4n) is 2.99. The summed E-state index contributed by atoms with van der Waals surface area (Å²) in [5.74, 6) is 1.63. The number of hydrogen-bond donors (Lipinski definition) is 3. The maximum atomic E-state index is 10.7. The fraction of sp³-hybridized carbons (Fsp3) is 0.550. The van der Waals surface area contributed by atoms with Gasteiger partial charge in [0.25, 0.3) is 0 Å². The van der Waals surface area contributed by atoms with Crippen LogP contribution in [0, 0.1) is 0 Å². The third-order valence-electron chi connectivity index (χ3n) is 4.62. The van der Waals surface area contributed by atoms with Crippen LogP contribution in [0.2, 0.25) is 0 Å². The lowest BCUT2D eigenvalue weighted by molar-refractivity contribution is 0.0677. The van der Waals surface area contributed by atoms with Gasteiger partial charge in [-0.25, -0.2) is 4.99 Å². The Hall–Kier alpha value is -1.83. The Morgan fingerprint density at radius 1 is 1.30 bits per heavy atom. The van der Waals surface area contributed by atoms with Gasteiger partial charge in [-0.1, -0.05) is 13.8 Å². The summed E-state index contributed by atoms with van der Waals surface area (Å²) in [5.41, 5.74) is -0.0922. The lowest BCUT2D eigenvalue weighted by Crippen LogP contribution is -2.43. The molecule has 3 N–H and O–H groups in total. The minimum Gasteiger partial charge on any atom is -0.468 e. The molecule has 2 atom stereocenters. The van der Waals surface area contributed by atoms with Crippen LogP contribution in [0.15, 0.2) is 44.6 Å². The molecule has 27 heavy (non-hydrogen) atoms. The number of guanidine groups is 1. The lowest BCUT2D eigenvalue weighted by atomic mass is 10.00. The van der Waals surface area contributed by atoms with E-state index in [0.29, 0.717) is 12.5 Å². The average molecular weight is 393 g/mol. The van der Waals surface area contributed by atoms with Crippen LogP contribution in [-0.4, -0.2) is 48.7 Å². The van der Waals surface area contributed by atoms with Crippen LogP contribution in [0.25, 0.3) is 0 Å². The second-order valence-electron chi connectivity index (χ2n) is 6.61. The number of hydrogen-bond acceptors (Lipinski definition) is 5. The van der Waals surface area contributed by atoms with E-state index >= 15 is 0 Å². The zero-order valence-electron chi connectivity index (χ0n) is 16.7. The van der Waals surface area contributed by atoms with Gasteiger partial charge in [0.05, 0.1) is 18.8 Å². The van der Waals surface area contributed by atoms with Gasteiger partial charge in [0.2, 0.25) is 0 Å². The van der Waals surface area contributed by atoms with Crippen molar-refractivity contribution in [2.24, 2.45) is 4.99 Å². The molecule has 0 fully saturated rings. The number of aliphatic imine (C=N–C) groups is 1. The molecule has 2 rings (SSSR count). The summed E-state index contributed by atoms with van der Waals surface area (Å²) in [4.78, 5) is 6.95. The Bertz CT molecular complexity index is 664. The Kier molecular flexibility index (Phi) is 8.34. The van der Waals surface area contributed by atoms with Gasteiger partial charge in [-0.05, 0) is 61.5 Å². The fourth-order valence-corrected chi connectivity index (χ4v) is 3.77. The molecule has 7 heteroatoms. The molecule has 0 saturated carbocycles. The number of rotatable bonds is 10. The molecule has 0 aliphatic rings. The van der Waals surface area contributed by atoms with Crippen LogP contribution in [0.1, 0.15) is 45.1 Å². The van der Waals surface area contributed by atoms with E-state index in [4.69, 9.17) is 4.42 Å². The first kappa shape index (κ1) is 21.5. The predicted octanol–water partition coefficient (Wildman–Crippen LogP) is 3.19. The van der Waals surface area contributed by atoms with E-state index in [1.165, 1.54) is 0 Å². The molecular weight excluding hydrogens is 360 g/mol. The summed E-state index contributed by atoms with van der Waals surface area (Å²) >= 11 is 1.58. The van der Waals surface area contributed by atoms with Crippen molar-refractivity contribution in [2.45, 2.75) is 39.3 Å². The highest BCUT2D eigenvalue weighted by Crippen LogP contribution is 2.23. The molecule has 2 aromatic rings. The van der Waals surface area contributed by atoms with Crippen molar-refractivity contribution in [1.82, 2.24) is 15.5 Å². The van der Waals surface area contributed by atoms with Crippen molar-refractivity contribution in [3.63, 3.8) is 0 Å². The molecule has 150 valence electrons. The zero-order chi connectivity index (χ0) is 19.7. The summed E-state index contributed by atoms with van der Waals surface area (Å²) < 4.78 is 5.65. The summed E-state index contributed by atoms with van der Waals surface area (Å²) in [6.07, 6.45) is 1.71. The topological polar surface area (TPSA) is 73.0 Å². The van der Waals surface area contributed by atoms with Crippen molar-refractivity contribution in [1.29, 1.82) is 0 Å². The largest absolute Gasteiger partial charge is 0.468 e. The number of furan rings is 1.